The molecule has 0 bridgehead atoms. The quantitative estimate of drug-likeness (QED) is 0.297. The highest BCUT2D eigenvalue weighted by atomic mass is 31.2. The maximum atomic E-state index is 11.2. The highest BCUT2D eigenvalue weighted by Gasteiger charge is 2.11. The van der Waals surface area contributed by atoms with Crippen LogP contribution in [0.5, 0.6) is 0 Å². The van der Waals surface area contributed by atoms with E-state index in [0.29, 0.717) is 11.3 Å². The van der Waals surface area contributed by atoms with E-state index in [4.69, 9.17) is 5.21 Å². The first kappa shape index (κ1) is 13.4. The van der Waals surface area contributed by atoms with Crippen molar-refractivity contribution in [3.8, 4) is 0 Å². The zero-order valence-corrected chi connectivity index (χ0v) is 9.46. The fourth-order valence-electron chi connectivity index (χ4n) is 0.747. The predicted molar refractivity (Wildman–Crippen MR) is 56.0 cm³/mol. The third-order valence-corrected chi connectivity index (χ3v) is 2.34. The summed E-state index contributed by atoms with van der Waals surface area (Å²) >= 11 is 0. The maximum absolute atomic E-state index is 11.2. The molecule has 0 aliphatic carbocycles. The second kappa shape index (κ2) is 5.96. The van der Waals surface area contributed by atoms with Crippen molar-refractivity contribution in [2.45, 2.75) is 0 Å². The van der Waals surface area contributed by atoms with E-state index in [9.17, 15) is 9.36 Å². The van der Waals surface area contributed by atoms with E-state index >= 15 is 0 Å². The van der Waals surface area contributed by atoms with E-state index in [1.54, 1.807) is 13.3 Å². The molecule has 0 atom stereocenters. The van der Waals surface area contributed by atoms with Crippen LogP contribution in [-0.2, 0) is 9.36 Å². The topological polar surface area (TPSA) is 69.6 Å². The Bertz CT molecular complexity index is 249. The predicted octanol–water partition coefficient (Wildman–Crippen LogP) is 0.560. The molecule has 14 heavy (non-hydrogen) atoms. The average Bonchev–Trinajstić information content (AvgIpc) is 2.02. The number of hydroxylamine groups is 2. The van der Waals surface area contributed by atoms with Gasteiger partial charge >= 0.3 is 0 Å². The van der Waals surface area contributed by atoms with E-state index in [-0.39, 0.29) is 13.1 Å². The van der Waals surface area contributed by atoms with Crippen LogP contribution in [0.25, 0.3) is 0 Å². The van der Waals surface area contributed by atoms with Crippen LogP contribution in [-0.4, -0.2) is 48.9 Å². The molecule has 0 aromatic heterocycles. The zero-order valence-electron chi connectivity index (χ0n) is 8.56. The lowest BCUT2D eigenvalue weighted by molar-refractivity contribution is -0.161. The first-order valence-electron chi connectivity index (χ1n) is 4.21. The van der Waals surface area contributed by atoms with Gasteiger partial charge in [-0.1, -0.05) is 6.08 Å². The molecule has 0 unspecified atom stereocenters. The largest absolute Gasteiger partial charge is 0.323 e. The Hall–Kier alpha value is -0.640. The van der Waals surface area contributed by atoms with Crippen LogP contribution < -0.4 is 5.32 Å². The smallest absolute Gasteiger partial charge is 0.260 e. The molecule has 5 nitrogen and oxygen atoms in total. The third kappa shape index (κ3) is 6.83. The monoisotopic (exact) mass is 220 g/mol. The molecule has 1 amide bonds. The molecule has 0 rings (SSSR count). The van der Waals surface area contributed by atoms with E-state index in [1.165, 1.54) is 6.08 Å². The van der Waals surface area contributed by atoms with Crippen molar-refractivity contribution in [3.63, 3.8) is 0 Å². The maximum Gasteiger partial charge on any atom is 0.260 e. The van der Waals surface area contributed by atoms with Crippen molar-refractivity contribution in [1.29, 1.82) is 0 Å². The third-order valence-electron chi connectivity index (χ3n) is 1.36. The van der Waals surface area contributed by atoms with Gasteiger partial charge in [0, 0.05) is 6.29 Å². The summed E-state index contributed by atoms with van der Waals surface area (Å²) in [7, 11) is -2.15. The summed E-state index contributed by atoms with van der Waals surface area (Å²) in [5.74, 6) is -0.460. The second-order valence-electron chi connectivity index (χ2n) is 3.42. The number of nitrogens with zero attached hydrogens (tertiary/aromatic N) is 1. The van der Waals surface area contributed by atoms with E-state index in [0.717, 1.165) is 0 Å². The normalized spacial score (nSPS) is 11.1. The van der Waals surface area contributed by atoms with Gasteiger partial charge in [0.05, 0.1) is 20.2 Å². The summed E-state index contributed by atoms with van der Waals surface area (Å²) in [5.41, 5.74) is 0. The number of hydrogen-bond acceptors (Lipinski definition) is 4. The highest BCUT2D eigenvalue weighted by molar-refractivity contribution is 7.62. The number of carbonyl (C=O) groups excluding carboxylic acids is 1. The van der Waals surface area contributed by atoms with Gasteiger partial charge in [-0.25, -0.2) is 5.06 Å². The minimum Gasteiger partial charge on any atom is -0.323 e. The first-order chi connectivity index (χ1) is 6.37. The van der Waals surface area contributed by atoms with Crippen molar-refractivity contribution in [1.82, 2.24) is 10.4 Å². The van der Waals surface area contributed by atoms with Gasteiger partial charge in [-0.15, -0.1) is 6.58 Å². The second-order valence-corrected chi connectivity index (χ2v) is 6.89. The van der Waals surface area contributed by atoms with Gasteiger partial charge in [-0.05, 0) is 13.3 Å². The molecule has 0 saturated heterocycles. The number of hydrogen-bond donors (Lipinski definition) is 2. The van der Waals surface area contributed by atoms with Gasteiger partial charge < -0.3 is 9.88 Å². The number of rotatable bonds is 6. The van der Waals surface area contributed by atoms with Gasteiger partial charge in [0.15, 0.2) is 0 Å². The molecule has 0 radical (unpaired) electrons. The molecule has 0 aromatic carbocycles. The summed E-state index contributed by atoms with van der Waals surface area (Å²) in [6.07, 6.45) is 1.71. The zero-order chi connectivity index (χ0) is 11.2. The minimum atomic E-state index is -2.15. The van der Waals surface area contributed by atoms with E-state index in [1.807, 2.05) is 0 Å². The first-order valence-corrected chi connectivity index (χ1v) is 7.00. The fourth-order valence-corrected chi connectivity index (χ4v) is 1.40. The van der Waals surface area contributed by atoms with Crippen LogP contribution in [0.3, 0.4) is 0 Å². The molecule has 82 valence electrons. The summed E-state index contributed by atoms with van der Waals surface area (Å²) in [5, 5.41) is 12.3. The van der Waals surface area contributed by atoms with Gasteiger partial charge in [0.2, 0.25) is 0 Å². The van der Waals surface area contributed by atoms with Gasteiger partial charge in [-0.3, -0.25) is 10.0 Å². The van der Waals surface area contributed by atoms with Crippen molar-refractivity contribution in [3.05, 3.63) is 12.7 Å². The molecule has 2 N–H and O–H groups in total. The van der Waals surface area contributed by atoms with Crippen LogP contribution >= 0.6 is 7.14 Å². The summed E-state index contributed by atoms with van der Waals surface area (Å²) in [4.78, 5) is 11.1. The Morgan fingerprint density at radius 3 is 2.64 bits per heavy atom. The van der Waals surface area contributed by atoms with Crippen LogP contribution in [0.4, 0.5) is 0 Å². The number of amides is 1. The van der Waals surface area contributed by atoms with E-state index < -0.39 is 13.0 Å². The Balaban J connectivity index is 3.74. The van der Waals surface area contributed by atoms with Crippen molar-refractivity contribution in [2.24, 2.45) is 0 Å². The number of nitrogens with one attached hydrogen (secondary N) is 1. The Labute approximate surface area is 84.1 Å². The van der Waals surface area contributed by atoms with Gasteiger partial charge in [0.25, 0.3) is 5.91 Å². The van der Waals surface area contributed by atoms with Crippen LogP contribution in [0.1, 0.15) is 0 Å². The van der Waals surface area contributed by atoms with Crippen LogP contribution in [0, 0.1) is 0 Å². The average molecular weight is 220 g/mol. The lowest BCUT2D eigenvalue weighted by Gasteiger charge is -2.13. The molecule has 0 heterocycles. The standard InChI is InChI=1S/C8H17N2O3P/c1-4-5-10(12)8(11)6-9-7-14(2,3)13/h4,9,12H,1,5-7H2,2-3H3. The molecule has 0 saturated carbocycles. The molecule has 0 aliphatic heterocycles. The summed E-state index contributed by atoms with van der Waals surface area (Å²) in [6.45, 7) is 6.72. The van der Waals surface area contributed by atoms with Crippen molar-refractivity contribution < 1.29 is 14.6 Å². The van der Waals surface area contributed by atoms with Crippen molar-refractivity contribution in [2.75, 3.05) is 32.7 Å². The van der Waals surface area contributed by atoms with E-state index in [2.05, 4.69) is 11.9 Å². The number of carbonyl (C=O) groups is 1. The molecule has 0 aliphatic rings. The fraction of sp³-hybridized carbons (Fsp3) is 0.625. The Morgan fingerprint density at radius 1 is 1.64 bits per heavy atom. The molecular weight excluding hydrogens is 203 g/mol. The lowest BCUT2D eigenvalue weighted by atomic mass is 10.5. The Kier molecular flexibility index (Phi) is 5.69. The summed E-state index contributed by atoms with van der Waals surface area (Å²) < 4.78 is 11.2. The molecule has 6 heteroatoms. The molecule has 0 spiro atoms. The lowest BCUT2D eigenvalue weighted by Crippen LogP contribution is -2.36. The van der Waals surface area contributed by atoms with Crippen LogP contribution in [0.2, 0.25) is 0 Å². The molecule has 0 aromatic rings. The van der Waals surface area contributed by atoms with Crippen molar-refractivity contribution >= 4 is 13.0 Å². The SMILES string of the molecule is C=CCN(O)C(=O)CNCP(C)(C)=O. The Morgan fingerprint density at radius 2 is 2.21 bits per heavy atom. The molecule has 0 fully saturated rings. The minimum absolute atomic E-state index is 0.0178. The van der Waals surface area contributed by atoms with Gasteiger partial charge in [0.1, 0.15) is 0 Å². The molecular formula is C8H17N2O3P. The van der Waals surface area contributed by atoms with Gasteiger partial charge in [-0.2, -0.15) is 0 Å². The van der Waals surface area contributed by atoms with Crippen LogP contribution in [0.15, 0.2) is 12.7 Å². The summed E-state index contributed by atoms with van der Waals surface area (Å²) in [6, 6.07) is 0. The highest BCUT2D eigenvalue weighted by Crippen LogP contribution is 2.33.